The topological polar surface area (TPSA) is 66.8 Å². The highest BCUT2D eigenvalue weighted by Crippen LogP contribution is 2.35. The van der Waals surface area contributed by atoms with E-state index in [-0.39, 0.29) is 17.6 Å². The van der Waals surface area contributed by atoms with Gasteiger partial charge in [-0.3, -0.25) is 4.79 Å². The van der Waals surface area contributed by atoms with E-state index in [1.165, 1.54) is 11.6 Å². The number of hydrogen-bond acceptors (Lipinski definition) is 4. The van der Waals surface area contributed by atoms with E-state index >= 15 is 0 Å². The third-order valence-electron chi connectivity index (χ3n) is 4.67. The summed E-state index contributed by atoms with van der Waals surface area (Å²) in [6.07, 6.45) is 6.54. The molecule has 2 N–H and O–H groups in total. The van der Waals surface area contributed by atoms with Crippen molar-refractivity contribution in [1.82, 2.24) is 0 Å². The lowest BCUT2D eigenvalue weighted by Gasteiger charge is -2.25. The van der Waals surface area contributed by atoms with Gasteiger partial charge in [0.2, 0.25) is 0 Å². The Morgan fingerprint density at radius 1 is 0.960 bits per heavy atom. The Kier molecular flexibility index (Phi) is 5.59. The molecular formula is C21H24O4. The van der Waals surface area contributed by atoms with E-state index in [4.69, 9.17) is 4.74 Å². The van der Waals surface area contributed by atoms with Crippen molar-refractivity contribution in [3.05, 3.63) is 53.6 Å². The van der Waals surface area contributed by atoms with Crippen LogP contribution in [0.2, 0.25) is 0 Å². The number of carbonyl (C=O) groups is 1. The van der Waals surface area contributed by atoms with Crippen molar-refractivity contribution in [1.29, 1.82) is 0 Å². The van der Waals surface area contributed by atoms with Crippen molar-refractivity contribution in [2.45, 2.75) is 51.0 Å². The number of Topliss-reactive ketones (excluding diaryl/α,β-unsaturated/α-hetero) is 1. The van der Waals surface area contributed by atoms with Crippen molar-refractivity contribution in [3.63, 3.8) is 0 Å². The van der Waals surface area contributed by atoms with Gasteiger partial charge in [0.05, 0.1) is 0 Å². The zero-order valence-corrected chi connectivity index (χ0v) is 14.3. The smallest absolute Gasteiger partial charge is 0.174 e. The van der Waals surface area contributed by atoms with Gasteiger partial charge in [0.1, 0.15) is 28.9 Å². The molecule has 25 heavy (non-hydrogen) atoms. The molecule has 1 aliphatic rings. The van der Waals surface area contributed by atoms with Crippen LogP contribution in [0.5, 0.6) is 17.2 Å². The molecule has 0 aliphatic carbocycles. The maximum absolute atomic E-state index is 12.2. The van der Waals surface area contributed by atoms with Crippen LogP contribution in [0.15, 0.2) is 42.5 Å². The predicted octanol–water partition coefficient (Wildman–Crippen LogP) is 4.62. The van der Waals surface area contributed by atoms with Gasteiger partial charge < -0.3 is 14.9 Å². The summed E-state index contributed by atoms with van der Waals surface area (Å²) in [5.41, 5.74) is 1.57. The zero-order chi connectivity index (χ0) is 17.6. The summed E-state index contributed by atoms with van der Waals surface area (Å²) in [6, 6.07) is 12.3. The van der Waals surface area contributed by atoms with Crippen molar-refractivity contribution >= 4 is 5.78 Å². The fourth-order valence-corrected chi connectivity index (χ4v) is 3.31. The zero-order valence-electron chi connectivity index (χ0n) is 14.3. The van der Waals surface area contributed by atoms with Crippen LogP contribution in [0.3, 0.4) is 0 Å². The van der Waals surface area contributed by atoms with E-state index in [9.17, 15) is 15.0 Å². The third kappa shape index (κ3) is 4.53. The Balaban J connectivity index is 1.37. The van der Waals surface area contributed by atoms with Crippen LogP contribution >= 0.6 is 0 Å². The summed E-state index contributed by atoms with van der Waals surface area (Å²) in [4.78, 5) is 12.2. The number of ketones is 1. The summed E-state index contributed by atoms with van der Waals surface area (Å²) in [7, 11) is 0. The molecule has 2 aromatic carbocycles. The minimum Gasteiger partial charge on any atom is -0.508 e. The highest BCUT2D eigenvalue weighted by Gasteiger charge is 2.28. The molecule has 0 bridgehead atoms. The number of phenolic OH excluding ortho intramolecular Hbond substituents is 2. The number of ether oxygens (including phenoxy) is 1. The fraction of sp³-hybridized carbons (Fsp3) is 0.381. The maximum atomic E-state index is 12.2. The van der Waals surface area contributed by atoms with Crippen LogP contribution in [0, 0.1) is 0 Å². The summed E-state index contributed by atoms with van der Waals surface area (Å²) >= 11 is 0. The van der Waals surface area contributed by atoms with Crippen LogP contribution in [0.25, 0.3) is 0 Å². The Bertz CT molecular complexity index is 721. The third-order valence-corrected chi connectivity index (χ3v) is 4.67. The van der Waals surface area contributed by atoms with Crippen molar-refractivity contribution in [3.8, 4) is 17.2 Å². The monoisotopic (exact) mass is 340 g/mol. The number of phenols is 2. The Morgan fingerprint density at radius 3 is 2.52 bits per heavy atom. The van der Waals surface area contributed by atoms with Crippen LogP contribution in [-0.4, -0.2) is 22.1 Å². The second-order valence-corrected chi connectivity index (χ2v) is 6.64. The van der Waals surface area contributed by atoms with E-state index in [2.05, 4.69) is 0 Å². The second kappa shape index (κ2) is 8.06. The number of fused-ring (bicyclic) bond motifs is 1. The molecule has 4 heteroatoms. The number of benzene rings is 2. The van der Waals surface area contributed by atoms with Crippen LogP contribution in [0.4, 0.5) is 0 Å². The molecule has 1 heterocycles. The van der Waals surface area contributed by atoms with Gasteiger partial charge in [-0.05, 0) is 55.5 Å². The number of aromatic hydroxyl groups is 2. The predicted molar refractivity (Wildman–Crippen MR) is 96.4 cm³/mol. The summed E-state index contributed by atoms with van der Waals surface area (Å²) in [5.74, 6) is 0.793. The summed E-state index contributed by atoms with van der Waals surface area (Å²) in [6.45, 7) is 0. The van der Waals surface area contributed by atoms with Gasteiger partial charge in [-0.15, -0.1) is 0 Å². The maximum Gasteiger partial charge on any atom is 0.174 e. The number of carbonyl (C=O) groups excluding carboxylic acids is 1. The fourth-order valence-electron chi connectivity index (χ4n) is 3.31. The van der Waals surface area contributed by atoms with E-state index in [1.807, 2.05) is 12.1 Å². The van der Waals surface area contributed by atoms with Crippen molar-refractivity contribution in [2.75, 3.05) is 0 Å². The molecule has 0 spiro atoms. The first kappa shape index (κ1) is 17.3. The molecule has 0 aromatic heterocycles. The molecule has 1 atom stereocenters. The molecule has 0 radical (unpaired) electrons. The van der Waals surface area contributed by atoms with Gasteiger partial charge >= 0.3 is 0 Å². The largest absolute Gasteiger partial charge is 0.508 e. The molecule has 0 amide bonds. The molecule has 2 aromatic rings. The summed E-state index contributed by atoms with van der Waals surface area (Å²) in [5, 5.41) is 19.0. The quantitative estimate of drug-likeness (QED) is 0.722. The van der Waals surface area contributed by atoms with Crippen LogP contribution in [0.1, 0.15) is 54.4 Å². The average Bonchev–Trinajstić information content (AvgIpc) is 2.59. The average molecular weight is 340 g/mol. The number of unbranched alkanes of at least 4 members (excludes halogenated alkanes) is 3. The van der Waals surface area contributed by atoms with Crippen LogP contribution < -0.4 is 4.74 Å². The first-order chi connectivity index (χ1) is 12.1. The molecule has 4 nitrogen and oxygen atoms in total. The van der Waals surface area contributed by atoms with Gasteiger partial charge in [0, 0.05) is 6.42 Å². The Hall–Kier alpha value is -2.49. The molecule has 3 rings (SSSR count). The van der Waals surface area contributed by atoms with E-state index < -0.39 is 0 Å². The van der Waals surface area contributed by atoms with E-state index in [1.54, 1.807) is 24.3 Å². The molecule has 132 valence electrons. The van der Waals surface area contributed by atoms with Gasteiger partial charge in [-0.1, -0.05) is 31.0 Å². The lowest BCUT2D eigenvalue weighted by Crippen LogP contribution is -2.26. The van der Waals surface area contributed by atoms with Gasteiger partial charge in [0.15, 0.2) is 5.78 Å². The molecule has 0 saturated heterocycles. The Morgan fingerprint density at radius 2 is 1.72 bits per heavy atom. The molecule has 1 unspecified atom stereocenters. The Labute approximate surface area is 148 Å². The van der Waals surface area contributed by atoms with Gasteiger partial charge in [-0.2, -0.15) is 0 Å². The highest BCUT2D eigenvalue weighted by atomic mass is 16.5. The number of aryl methyl sites for hydroxylation is 1. The minimum absolute atomic E-state index is 0.00943. The highest BCUT2D eigenvalue weighted by molar-refractivity contribution is 6.02. The first-order valence-electron chi connectivity index (χ1n) is 8.93. The minimum atomic E-state index is -0.0844. The number of hydrogen-bond donors (Lipinski definition) is 2. The van der Waals surface area contributed by atoms with Gasteiger partial charge in [0.25, 0.3) is 0 Å². The van der Waals surface area contributed by atoms with Crippen molar-refractivity contribution in [2.24, 2.45) is 0 Å². The summed E-state index contributed by atoms with van der Waals surface area (Å²) < 4.78 is 5.87. The lowest BCUT2D eigenvalue weighted by molar-refractivity contribution is 0.0830. The molecule has 0 fully saturated rings. The van der Waals surface area contributed by atoms with Crippen molar-refractivity contribution < 1.29 is 19.7 Å². The SMILES string of the molecule is O=C1CC(CCCCCCc2ccc(O)cc2)Oc2cccc(O)c21. The molecular weight excluding hydrogens is 316 g/mol. The van der Waals surface area contributed by atoms with E-state index in [0.29, 0.717) is 23.5 Å². The standard InChI is InChI=1S/C21H24O4/c22-16-12-10-15(11-13-16)6-3-1-2-4-7-17-14-19(24)21-18(23)8-5-9-20(21)25-17/h5,8-13,17,22-23H,1-4,6-7,14H2. The first-order valence-corrected chi connectivity index (χ1v) is 8.93. The van der Waals surface area contributed by atoms with Crippen LogP contribution in [-0.2, 0) is 6.42 Å². The van der Waals surface area contributed by atoms with E-state index in [0.717, 1.165) is 38.5 Å². The molecule has 0 saturated carbocycles. The lowest BCUT2D eigenvalue weighted by atomic mass is 9.96. The molecule has 1 aliphatic heterocycles. The van der Waals surface area contributed by atoms with Gasteiger partial charge in [-0.25, -0.2) is 0 Å². The number of rotatable bonds is 7. The second-order valence-electron chi connectivity index (χ2n) is 6.64. The normalized spacial score (nSPS) is 16.3.